The van der Waals surface area contributed by atoms with Crippen molar-refractivity contribution in [2.45, 2.75) is 19.9 Å². The second-order valence-corrected chi connectivity index (χ2v) is 5.22. The largest absolute Gasteiger partial charge is 0.493 e. The van der Waals surface area contributed by atoms with E-state index in [-0.39, 0.29) is 5.78 Å². The van der Waals surface area contributed by atoms with Crippen LogP contribution in [0.25, 0.3) is 0 Å². The minimum atomic E-state index is 0.0753. The number of carbonyl (C=O) groups excluding carboxylic acids is 1. The molecule has 2 heterocycles. The highest BCUT2D eigenvalue weighted by molar-refractivity contribution is 6.30. The predicted octanol–water partition coefficient (Wildman–Crippen LogP) is 3.33. The molecule has 1 aromatic carbocycles. The molecule has 0 aliphatic carbocycles. The van der Waals surface area contributed by atoms with Gasteiger partial charge in [-0.15, -0.1) is 0 Å². The molecule has 0 saturated carbocycles. The van der Waals surface area contributed by atoms with E-state index in [1.807, 2.05) is 35.2 Å². The van der Waals surface area contributed by atoms with Gasteiger partial charge in [0.1, 0.15) is 5.75 Å². The van der Waals surface area contributed by atoms with E-state index in [0.29, 0.717) is 13.2 Å². The first-order valence-corrected chi connectivity index (χ1v) is 6.62. The maximum atomic E-state index is 11.3. The number of aromatic nitrogens is 1. The summed E-state index contributed by atoms with van der Waals surface area (Å²) in [5.74, 6) is 1.02. The summed E-state index contributed by atoms with van der Waals surface area (Å²) in [6.07, 6.45) is 4.66. The normalized spacial score (nSPS) is 13.2. The summed E-state index contributed by atoms with van der Waals surface area (Å²) in [6, 6.07) is 5.72. The number of ketones is 1. The van der Waals surface area contributed by atoms with Gasteiger partial charge in [-0.05, 0) is 30.7 Å². The van der Waals surface area contributed by atoms with Crippen molar-refractivity contribution in [1.82, 2.24) is 4.57 Å². The van der Waals surface area contributed by atoms with Crippen LogP contribution in [0.3, 0.4) is 0 Å². The lowest BCUT2D eigenvalue weighted by atomic mass is 10.1. The van der Waals surface area contributed by atoms with E-state index in [4.69, 9.17) is 16.3 Å². The molecule has 3 nitrogen and oxygen atoms in total. The van der Waals surface area contributed by atoms with Crippen LogP contribution >= 0.6 is 11.6 Å². The lowest BCUT2D eigenvalue weighted by molar-refractivity contribution is 0.101. The summed E-state index contributed by atoms with van der Waals surface area (Å²) in [4.78, 5) is 11.3. The third kappa shape index (κ3) is 2.38. The Labute approximate surface area is 116 Å². The second-order valence-electron chi connectivity index (χ2n) is 4.78. The van der Waals surface area contributed by atoms with Crippen molar-refractivity contribution >= 4 is 17.4 Å². The van der Waals surface area contributed by atoms with Gasteiger partial charge >= 0.3 is 0 Å². The van der Waals surface area contributed by atoms with Crippen LogP contribution in [0.5, 0.6) is 5.75 Å². The van der Waals surface area contributed by atoms with Crippen LogP contribution < -0.4 is 4.74 Å². The summed E-state index contributed by atoms with van der Waals surface area (Å²) in [5, 5.41) is 0.734. The highest BCUT2D eigenvalue weighted by atomic mass is 35.5. The molecule has 0 fully saturated rings. The Morgan fingerprint density at radius 3 is 3.05 bits per heavy atom. The smallest absolute Gasteiger partial charge is 0.161 e. The number of ether oxygens (including phenoxy) is 1. The molecule has 0 atom stereocenters. The topological polar surface area (TPSA) is 31.2 Å². The van der Waals surface area contributed by atoms with Gasteiger partial charge in [-0.3, -0.25) is 4.79 Å². The van der Waals surface area contributed by atoms with Crippen molar-refractivity contribution in [1.29, 1.82) is 0 Å². The summed E-state index contributed by atoms with van der Waals surface area (Å²) in [6.45, 7) is 2.95. The lowest BCUT2D eigenvalue weighted by Gasteiger charge is -2.09. The van der Waals surface area contributed by atoms with E-state index in [0.717, 1.165) is 28.3 Å². The van der Waals surface area contributed by atoms with Gasteiger partial charge in [0, 0.05) is 35.0 Å². The molecule has 1 aromatic heterocycles. The molecule has 0 bridgehead atoms. The fraction of sp³-hybridized carbons (Fsp3) is 0.267. The van der Waals surface area contributed by atoms with Crippen LogP contribution in [0.1, 0.15) is 28.4 Å². The molecule has 98 valence electrons. The van der Waals surface area contributed by atoms with Gasteiger partial charge in [-0.1, -0.05) is 11.6 Å². The first-order chi connectivity index (χ1) is 9.13. The van der Waals surface area contributed by atoms with E-state index in [2.05, 4.69) is 0 Å². The standard InChI is InChI=1S/C15H14ClNO2/c1-10(18)12-2-4-17(8-12)9-13-7-14(16)6-11-3-5-19-15(11)13/h2,4,6-8H,3,5,9H2,1H3. The molecule has 2 aromatic rings. The Bertz CT molecular complexity index is 646. The van der Waals surface area contributed by atoms with E-state index >= 15 is 0 Å². The maximum absolute atomic E-state index is 11.3. The summed E-state index contributed by atoms with van der Waals surface area (Å²) < 4.78 is 7.65. The molecule has 19 heavy (non-hydrogen) atoms. The fourth-order valence-corrected chi connectivity index (χ4v) is 2.67. The molecule has 0 radical (unpaired) electrons. The summed E-state index contributed by atoms with van der Waals surface area (Å²) in [5.41, 5.74) is 2.95. The van der Waals surface area contributed by atoms with Crippen LogP contribution in [0.4, 0.5) is 0 Å². The third-order valence-corrected chi connectivity index (χ3v) is 3.55. The van der Waals surface area contributed by atoms with Gasteiger partial charge in [0.15, 0.2) is 5.78 Å². The molecular formula is C15H14ClNO2. The lowest BCUT2D eigenvalue weighted by Crippen LogP contribution is -2.00. The van der Waals surface area contributed by atoms with Crippen LogP contribution in [-0.2, 0) is 13.0 Å². The number of nitrogens with zero attached hydrogens (tertiary/aromatic N) is 1. The van der Waals surface area contributed by atoms with E-state index in [9.17, 15) is 4.79 Å². The molecule has 0 saturated heterocycles. The summed E-state index contributed by atoms with van der Waals surface area (Å²) >= 11 is 6.13. The van der Waals surface area contributed by atoms with Gasteiger partial charge in [-0.2, -0.15) is 0 Å². The van der Waals surface area contributed by atoms with Crippen molar-refractivity contribution in [2.24, 2.45) is 0 Å². The molecule has 0 spiro atoms. The molecule has 4 heteroatoms. The number of rotatable bonds is 3. The summed E-state index contributed by atoms with van der Waals surface area (Å²) in [7, 11) is 0. The van der Waals surface area contributed by atoms with Gasteiger partial charge in [-0.25, -0.2) is 0 Å². The van der Waals surface area contributed by atoms with Crippen molar-refractivity contribution in [3.8, 4) is 5.75 Å². The van der Waals surface area contributed by atoms with Gasteiger partial charge < -0.3 is 9.30 Å². The number of benzene rings is 1. The molecule has 1 aliphatic heterocycles. The fourth-order valence-electron chi connectivity index (χ4n) is 2.41. The molecule has 3 rings (SSSR count). The molecular weight excluding hydrogens is 262 g/mol. The van der Waals surface area contributed by atoms with E-state index < -0.39 is 0 Å². The molecule has 0 N–H and O–H groups in total. The van der Waals surface area contributed by atoms with Crippen molar-refractivity contribution in [3.63, 3.8) is 0 Å². The zero-order chi connectivity index (χ0) is 13.4. The van der Waals surface area contributed by atoms with E-state index in [1.54, 1.807) is 6.92 Å². The number of hydrogen-bond acceptors (Lipinski definition) is 2. The number of Topliss-reactive ketones (excluding diaryl/α,β-unsaturated/α-hetero) is 1. The second kappa shape index (κ2) is 4.74. The Morgan fingerprint density at radius 1 is 1.47 bits per heavy atom. The molecule has 0 amide bonds. The average molecular weight is 276 g/mol. The minimum Gasteiger partial charge on any atom is -0.493 e. The Balaban J connectivity index is 1.92. The average Bonchev–Trinajstić information content (AvgIpc) is 2.96. The van der Waals surface area contributed by atoms with E-state index in [1.165, 1.54) is 5.56 Å². The van der Waals surface area contributed by atoms with Crippen molar-refractivity contribution < 1.29 is 9.53 Å². The SMILES string of the molecule is CC(=O)c1ccn(Cc2cc(Cl)cc3c2OCC3)c1. The highest BCUT2D eigenvalue weighted by Gasteiger charge is 2.17. The zero-order valence-electron chi connectivity index (χ0n) is 10.6. The van der Waals surface area contributed by atoms with Crippen molar-refractivity contribution in [3.05, 3.63) is 52.3 Å². The predicted molar refractivity (Wildman–Crippen MR) is 74.2 cm³/mol. The highest BCUT2D eigenvalue weighted by Crippen LogP contribution is 2.33. The van der Waals surface area contributed by atoms with Gasteiger partial charge in [0.25, 0.3) is 0 Å². The van der Waals surface area contributed by atoms with Crippen molar-refractivity contribution in [2.75, 3.05) is 6.61 Å². The zero-order valence-corrected chi connectivity index (χ0v) is 11.4. The Hall–Kier alpha value is -1.74. The first-order valence-electron chi connectivity index (χ1n) is 6.24. The van der Waals surface area contributed by atoms with Crippen LogP contribution in [0, 0.1) is 0 Å². The third-order valence-electron chi connectivity index (χ3n) is 3.34. The van der Waals surface area contributed by atoms with Crippen LogP contribution in [0.15, 0.2) is 30.6 Å². The number of hydrogen-bond donors (Lipinski definition) is 0. The number of fused-ring (bicyclic) bond motifs is 1. The number of carbonyl (C=O) groups is 1. The van der Waals surface area contributed by atoms with Gasteiger partial charge in [0.2, 0.25) is 0 Å². The van der Waals surface area contributed by atoms with Crippen LogP contribution in [0.2, 0.25) is 5.02 Å². The molecule has 0 unspecified atom stereocenters. The quantitative estimate of drug-likeness (QED) is 0.805. The maximum Gasteiger partial charge on any atom is 0.161 e. The Kier molecular flexibility index (Phi) is 3.07. The number of halogens is 1. The van der Waals surface area contributed by atoms with Gasteiger partial charge in [0.05, 0.1) is 13.2 Å². The van der Waals surface area contributed by atoms with Crippen LogP contribution in [-0.4, -0.2) is 17.0 Å². The Morgan fingerprint density at radius 2 is 2.32 bits per heavy atom. The molecule has 1 aliphatic rings. The first kappa shape index (κ1) is 12.3. The minimum absolute atomic E-state index is 0.0753. The monoisotopic (exact) mass is 275 g/mol.